The molecule has 0 atom stereocenters. The number of aryl methyl sites for hydroxylation is 1. The minimum Gasteiger partial charge on any atom is -0.493 e. The normalized spacial score (nSPS) is 11.1. The van der Waals surface area contributed by atoms with Crippen LogP contribution in [0.1, 0.15) is 76.1 Å². The van der Waals surface area contributed by atoms with Crippen molar-refractivity contribution in [1.29, 1.82) is 0 Å². The molecule has 1 amide bonds. The lowest BCUT2D eigenvalue weighted by Crippen LogP contribution is -2.28. The van der Waals surface area contributed by atoms with E-state index < -0.39 is 0 Å². The molecule has 0 aliphatic heterocycles. The highest BCUT2D eigenvalue weighted by Gasteiger charge is 2.12. The Bertz CT molecular complexity index is 1080. The molecule has 6 nitrogen and oxygen atoms in total. The van der Waals surface area contributed by atoms with Crippen LogP contribution in [-0.2, 0) is 24.2 Å². The second-order valence-electron chi connectivity index (χ2n) is 9.46. The van der Waals surface area contributed by atoms with Crippen molar-refractivity contribution in [2.24, 2.45) is 0 Å². The molecule has 2 aromatic carbocycles. The maximum absolute atomic E-state index is 12.6. The number of amides is 1. The van der Waals surface area contributed by atoms with Crippen LogP contribution in [0.25, 0.3) is 11.0 Å². The quantitative estimate of drug-likeness (QED) is 0.218. The van der Waals surface area contributed by atoms with Crippen LogP contribution in [0.3, 0.4) is 0 Å². The summed E-state index contributed by atoms with van der Waals surface area (Å²) in [5.41, 5.74) is 3.10. The molecule has 0 unspecified atom stereocenters. The van der Waals surface area contributed by atoms with Crippen molar-refractivity contribution in [2.75, 3.05) is 20.8 Å². The van der Waals surface area contributed by atoms with E-state index >= 15 is 0 Å². The van der Waals surface area contributed by atoms with Crippen molar-refractivity contribution in [3.8, 4) is 11.5 Å². The number of unbranched alkanes of at least 4 members (excludes halogenated alkanes) is 8. The molecule has 1 heterocycles. The zero-order valence-corrected chi connectivity index (χ0v) is 22.4. The second kappa shape index (κ2) is 15.2. The van der Waals surface area contributed by atoms with E-state index in [1.807, 2.05) is 24.3 Å². The predicted molar refractivity (Wildman–Crippen MR) is 147 cm³/mol. The van der Waals surface area contributed by atoms with Gasteiger partial charge in [0.25, 0.3) is 0 Å². The summed E-state index contributed by atoms with van der Waals surface area (Å²) in [6, 6.07) is 13.9. The molecular formula is C30H43N3O3. The van der Waals surface area contributed by atoms with E-state index in [0.717, 1.165) is 29.9 Å². The lowest BCUT2D eigenvalue weighted by Gasteiger charge is -2.11. The first-order valence-corrected chi connectivity index (χ1v) is 13.6. The number of carbonyl (C=O) groups excluding carboxylic acids is 1. The first kappa shape index (κ1) is 27.6. The van der Waals surface area contributed by atoms with Crippen LogP contribution < -0.4 is 14.8 Å². The smallest absolute Gasteiger partial charge is 0.224 e. The zero-order valence-electron chi connectivity index (χ0n) is 22.4. The fourth-order valence-electron chi connectivity index (χ4n) is 4.70. The Hall–Kier alpha value is -3.02. The third kappa shape index (κ3) is 8.28. The summed E-state index contributed by atoms with van der Waals surface area (Å²) in [5, 5.41) is 3.06. The summed E-state index contributed by atoms with van der Waals surface area (Å²) in [4.78, 5) is 17.4. The van der Waals surface area contributed by atoms with Gasteiger partial charge in [-0.05, 0) is 36.2 Å². The van der Waals surface area contributed by atoms with Crippen LogP contribution in [0.5, 0.6) is 11.5 Å². The molecule has 36 heavy (non-hydrogen) atoms. The number of hydrogen-bond donors (Lipinski definition) is 1. The monoisotopic (exact) mass is 493 g/mol. The lowest BCUT2D eigenvalue weighted by atomic mass is 10.1. The Kier molecular flexibility index (Phi) is 11.6. The summed E-state index contributed by atoms with van der Waals surface area (Å²) in [5.74, 6) is 2.33. The van der Waals surface area contributed by atoms with E-state index in [4.69, 9.17) is 14.5 Å². The molecule has 0 aliphatic rings. The minimum atomic E-state index is -0.0104. The van der Waals surface area contributed by atoms with Gasteiger partial charge in [0.15, 0.2) is 11.5 Å². The molecule has 0 radical (unpaired) electrons. The molecule has 1 aromatic heterocycles. The Balaban J connectivity index is 1.48. The van der Waals surface area contributed by atoms with E-state index in [0.29, 0.717) is 30.9 Å². The number of imidazole rings is 1. The first-order chi connectivity index (χ1) is 17.7. The minimum absolute atomic E-state index is 0.0104. The molecule has 3 rings (SSSR count). The highest BCUT2D eigenvalue weighted by atomic mass is 16.5. The summed E-state index contributed by atoms with van der Waals surface area (Å²) in [7, 11) is 3.20. The molecule has 1 N–H and O–H groups in total. The number of para-hydroxylation sites is 2. The third-order valence-corrected chi connectivity index (χ3v) is 6.70. The van der Waals surface area contributed by atoms with Gasteiger partial charge in [-0.1, -0.05) is 76.5 Å². The molecule has 3 aromatic rings. The van der Waals surface area contributed by atoms with E-state index in [-0.39, 0.29) is 5.91 Å². The van der Waals surface area contributed by atoms with Gasteiger partial charge in [0.05, 0.1) is 31.7 Å². The molecule has 0 spiro atoms. The van der Waals surface area contributed by atoms with Crippen molar-refractivity contribution in [2.45, 2.75) is 84.1 Å². The molecule has 0 aliphatic carbocycles. The summed E-state index contributed by atoms with van der Waals surface area (Å²) >= 11 is 0. The van der Waals surface area contributed by atoms with Gasteiger partial charge in [-0.15, -0.1) is 0 Å². The van der Waals surface area contributed by atoms with Crippen molar-refractivity contribution in [1.82, 2.24) is 14.9 Å². The standard InChI is InChI=1S/C30H43N3O3/c1-4-5-6-7-8-9-10-11-14-21-33-26-16-13-12-15-25(26)32-29(33)19-20-31-30(34)23-24-17-18-27(35-2)28(22-24)36-3/h12-13,15-18,22H,4-11,14,19-21,23H2,1-3H3,(H,31,34). The molecule has 0 saturated heterocycles. The van der Waals surface area contributed by atoms with Crippen LogP contribution >= 0.6 is 0 Å². The van der Waals surface area contributed by atoms with Gasteiger partial charge in [-0.3, -0.25) is 4.79 Å². The average Bonchev–Trinajstić information content (AvgIpc) is 3.24. The van der Waals surface area contributed by atoms with Crippen molar-refractivity contribution in [3.63, 3.8) is 0 Å². The molecule has 0 saturated carbocycles. The van der Waals surface area contributed by atoms with E-state index in [9.17, 15) is 4.79 Å². The number of benzene rings is 2. The SMILES string of the molecule is CCCCCCCCCCCn1c(CCNC(=O)Cc2ccc(OC)c(OC)c2)nc2ccccc21. The second-order valence-corrected chi connectivity index (χ2v) is 9.46. The maximum Gasteiger partial charge on any atom is 0.224 e. The Labute approximate surface area is 216 Å². The van der Waals surface area contributed by atoms with Gasteiger partial charge < -0.3 is 19.4 Å². The number of nitrogens with zero attached hydrogens (tertiary/aromatic N) is 2. The van der Waals surface area contributed by atoms with Gasteiger partial charge in [-0.2, -0.15) is 0 Å². The fourth-order valence-corrected chi connectivity index (χ4v) is 4.70. The van der Waals surface area contributed by atoms with Crippen LogP contribution in [0.2, 0.25) is 0 Å². The molecule has 0 fully saturated rings. The van der Waals surface area contributed by atoms with Crippen molar-refractivity contribution in [3.05, 3.63) is 53.9 Å². The highest BCUT2D eigenvalue weighted by Crippen LogP contribution is 2.27. The zero-order chi connectivity index (χ0) is 25.6. The fraction of sp³-hybridized carbons (Fsp3) is 0.533. The topological polar surface area (TPSA) is 65.4 Å². The van der Waals surface area contributed by atoms with Gasteiger partial charge in [0.1, 0.15) is 5.82 Å². The number of carbonyl (C=O) groups is 1. The van der Waals surface area contributed by atoms with E-state index in [2.05, 4.69) is 35.0 Å². The van der Waals surface area contributed by atoms with Crippen molar-refractivity contribution < 1.29 is 14.3 Å². The Morgan fingerprint density at radius 3 is 2.31 bits per heavy atom. The van der Waals surface area contributed by atoms with Crippen molar-refractivity contribution >= 4 is 16.9 Å². The Morgan fingerprint density at radius 2 is 1.58 bits per heavy atom. The molecular weight excluding hydrogens is 450 g/mol. The summed E-state index contributed by atoms with van der Waals surface area (Å²) in [6.45, 7) is 3.81. The Morgan fingerprint density at radius 1 is 0.889 bits per heavy atom. The number of hydrogen-bond acceptors (Lipinski definition) is 4. The van der Waals surface area contributed by atoms with Gasteiger partial charge in [-0.25, -0.2) is 4.98 Å². The number of rotatable bonds is 17. The van der Waals surface area contributed by atoms with Gasteiger partial charge >= 0.3 is 0 Å². The molecule has 6 heteroatoms. The van der Waals surface area contributed by atoms with Crippen LogP contribution in [0.15, 0.2) is 42.5 Å². The predicted octanol–water partition coefficient (Wildman–Crippen LogP) is 6.49. The third-order valence-electron chi connectivity index (χ3n) is 6.70. The summed E-state index contributed by atoms with van der Waals surface area (Å²) < 4.78 is 13.0. The molecule has 196 valence electrons. The van der Waals surface area contributed by atoms with Gasteiger partial charge in [0, 0.05) is 19.5 Å². The van der Waals surface area contributed by atoms with E-state index in [1.54, 1.807) is 14.2 Å². The maximum atomic E-state index is 12.6. The first-order valence-electron chi connectivity index (χ1n) is 13.6. The van der Waals surface area contributed by atoms with Gasteiger partial charge in [0.2, 0.25) is 5.91 Å². The number of fused-ring (bicyclic) bond motifs is 1. The number of nitrogens with one attached hydrogen (secondary N) is 1. The average molecular weight is 494 g/mol. The van der Waals surface area contributed by atoms with Crippen LogP contribution in [0, 0.1) is 0 Å². The number of aromatic nitrogens is 2. The number of methoxy groups -OCH3 is 2. The van der Waals surface area contributed by atoms with Crippen LogP contribution in [-0.4, -0.2) is 36.2 Å². The largest absolute Gasteiger partial charge is 0.493 e. The highest BCUT2D eigenvalue weighted by molar-refractivity contribution is 5.79. The summed E-state index contributed by atoms with van der Waals surface area (Å²) in [6.07, 6.45) is 12.9. The van der Waals surface area contributed by atoms with Crippen LogP contribution in [0.4, 0.5) is 0 Å². The molecule has 0 bridgehead atoms. The lowest BCUT2D eigenvalue weighted by molar-refractivity contribution is -0.120. The number of ether oxygens (including phenoxy) is 2. The van der Waals surface area contributed by atoms with E-state index in [1.165, 1.54) is 56.9 Å².